The molecule has 0 saturated carbocycles. The number of hydrogen-bond acceptors (Lipinski definition) is 14. The number of rotatable bonds is 20. The zero-order valence-corrected chi connectivity index (χ0v) is 27.8. The molecule has 0 heterocycles. The van der Waals surface area contributed by atoms with Gasteiger partial charge in [-0.05, 0) is 72.8 Å². The molecule has 0 spiro atoms. The van der Waals surface area contributed by atoms with E-state index in [4.69, 9.17) is 37.9 Å². The summed E-state index contributed by atoms with van der Waals surface area (Å²) in [7, 11) is 0. The number of hydrogen-bond donors (Lipinski definition) is 0. The van der Waals surface area contributed by atoms with Crippen LogP contribution in [0.3, 0.4) is 0 Å². The first-order valence-electron chi connectivity index (χ1n) is 15.3. The molecule has 0 aliphatic carbocycles. The molecule has 0 fully saturated rings. The van der Waals surface area contributed by atoms with Gasteiger partial charge in [0, 0.05) is 24.3 Å². The van der Waals surface area contributed by atoms with Crippen LogP contribution in [0.4, 0.5) is 0 Å². The predicted octanol–water partition coefficient (Wildman–Crippen LogP) is 4.54. The highest BCUT2D eigenvalue weighted by Gasteiger charge is 2.18. The van der Waals surface area contributed by atoms with Crippen LogP contribution in [0.25, 0.3) is 0 Å². The lowest BCUT2D eigenvalue weighted by Gasteiger charge is -2.17. The van der Waals surface area contributed by atoms with Crippen LogP contribution in [-0.2, 0) is 38.1 Å². The smallest absolute Gasteiger partial charge is 0.343 e. The molecule has 0 amide bonds. The summed E-state index contributed by atoms with van der Waals surface area (Å²) in [5.74, 6) is -3.14. The summed E-state index contributed by atoms with van der Waals surface area (Å²) in [6.45, 7) is 12.4. The molecule has 3 rings (SSSR count). The molecule has 0 aliphatic rings. The molecular formula is C38H34O14. The Morgan fingerprint density at radius 1 is 0.442 bits per heavy atom. The minimum atomic E-state index is -0.924. The summed E-state index contributed by atoms with van der Waals surface area (Å²) in [5, 5.41) is 0. The van der Waals surface area contributed by atoms with Crippen molar-refractivity contribution in [3.8, 4) is 23.0 Å². The van der Waals surface area contributed by atoms with Crippen molar-refractivity contribution in [3.63, 3.8) is 0 Å². The van der Waals surface area contributed by atoms with Gasteiger partial charge in [0.1, 0.15) is 49.4 Å². The van der Waals surface area contributed by atoms with Crippen molar-refractivity contribution in [2.45, 2.75) is 12.2 Å². The molecule has 270 valence electrons. The molecule has 0 N–H and O–H groups in total. The van der Waals surface area contributed by atoms with Gasteiger partial charge in [-0.25, -0.2) is 28.8 Å². The third-order valence-electron chi connectivity index (χ3n) is 6.35. The van der Waals surface area contributed by atoms with E-state index in [0.717, 1.165) is 24.3 Å². The van der Waals surface area contributed by atoms with Crippen LogP contribution in [0.5, 0.6) is 23.0 Å². The Kier molecular flexibility index (Phi) is 15.6. The molecule has 0 bridgehead atoms. The minimum Gasteiger partial charge on any atom is -0.490 e. The first-order chi connectivity index (χ1) is 25.0. The Hall–Kier alpha value is -6.96. The molecule has 2 unspecified atom stereocenters. The van der Waals surface area contributed by atoms with Gasteiger partial charge in [0.05, 0.1) is 11.1 Å². The van der Waals surface area contributed by atoms with Crippen LogP contribution in [0.2, 0.25) is 0 Å². The van der Waals surface area contributed by atoms with Crippen molar-refractivity contribution in [1.29, 1.82) is 0 Å². The number of benzene rings is 3. The van der Waals surface area contributed by atoms with Crippen LogP contribution in [0, 0.1) is 0 Å². The molecule has 0 aromatic heterocycles. The normalized spacial score (nSPS) is 11.2. The molecule has 2 atom stereocenters. The van der Waals surface area contributed by atoms with E-state index in [1.807, 2.05) is 0 Å². The second kappa shape index (κ2) is 20.5. The standard InChI is InChI=1S/C38H34O14/c1-5-33(39)47-23-31(49-35(41)7-3)21-45-27-13-9-25(10-14-27)37(43)51-29-17-19-30(20-18-29)52-38(44)26-11-15-28(16-12-26)46-22-32(50-36(42)8-4)24-48-34(40)6-2/h5-20,31-32H,1-4,21-24H2. The summed E-state index contributed by atoms with van der Waals surface area (Å²) < 4.78 is 42.1. The molecule has 0 saturated heterocycles. The maximum Gasteiger partial charge on any atom is 0.343 e. The van der Waals surface area contributed by atoms with Gasteiger partial charge in [0.15, 0.2) is 12.2 Å². The zero-order chi connectivity index (χ0) is 37.9. The third-order valence-corrected chi connectivity index (χ3v) is 6.35. The van der Waals surface area contributed by atoms with E-state index < -0.39 is 48.0 Å². The Morgan fingerprint density at radius 2 is 0.750 bits per heavy atom. The summed E-state index contributed by atoms with van der Waals surface area (Å²) in [5.41, 5.74) is 0.406. The largest absolute Gasteiger partial charge is 0.490 e. The average Bonchev–Trinajstić information content (AvgIpc) is 3.17. The molecule has 0 aliphatic heterocycles. The monoisotopic (exact) mass is 714 g/mol. The summed E-state index contributed by atoms with van der Waals surface area (Å²) >= 11 is 0. The van der Waals surface area contributed by atoms with Crippen LogP contribution >= 0.6 is 0 Å². The Balaban J connectivity index is 1.49. The van der Waals surface area contributed by atoms with Crippen molar-refractivity contribution in [1.82, 2.24) is 0 Å². The number of ether oxygens (including phenoxy) is 8. The SMILES string of the molecule is C=CC(=O)OCC(COc1ccc(C(=O)Oc2ccc(OC(=O)c3ccc(OCC(COC(=O)C=C)OC(=O)C=C)cc3)cc2)cc1)OC(=O)C=C. The van der Waals surface area contributed by atoms with Gasteiger partial charge in [-0.3, -0.25) is 0 Å². The van der Waals surface area contributed by atoms with Crippen molar-refractivity contribution >= 4 is 35.8 Å². The second-order valence-corrected chi connectivity index (χ2v) is 10.1. The van der Waals surface area contributed by atoms with Crippen molar-refractivity contribution < 1.29 is 66.7 Å². The van der Waals surface area contributed by atoms with Crippen molar-refractivity contribution in [2.24, 2.45) is 0 Å². The summed E-state index contributed by atoms with van der Waals surface area (Å²) in [4.78, 5) is 71.3. The van der Waals surface area contributed by atoms with Crippen LogP contribution in [0.15, 0.2) is 123 Å². The van der Waals surface area contributed by atoms with Gasteiger partial charge in [-0.1, -0.05) is 26.3 Å². The topological polar surface area (TPSA) is 176 Å². The second-order valence-electron chi connectivity index (χ2n) is 10.1. The van der Waals surface area contributed by atoms with Gasteiger partial charge in [-0.15, -0.1) is 0 Å². The van der Waals surface area contributed by atoms with Gasteiger partial charge in [0.25, 0.3) is 0 Å². The van der Waals surface area contributed by atoms with Crippen LogP contribution in [-0.4, -0.2) is 74.5 Å². The number of esters is 6. The molecule has 14 nitrogen and oxygen atoms in total. The lowest BCUT2D eigenvalue weighted by Crippen LogP contribution is -2.30. The maximum atomic E-state index is 12.7. The Bertz CT molecular complexity index is 1630. The van der Waals surface area contributed by atoms with Gasteiger partial charge >= 0.3 is 35.8 Å². The Labute approximate surface area is 298 Å². The zero-order valence-electron chi connectivity index (χ0n) is 27.8. The van der Waals surface area contributed by atoms with E-state index in [2.05, 4.69) is 26.3 Å². The van der Waals surface area contributed by atoms with E-state index in [0.29, 0.717) is 11.5 Å². The lowest BCUT2D eigenvalue weighted by atomic mass is 10.2. The Morgan fingerprint density at radius 3 is 1.06 bits per heavy atom. The van der Waals surface area contributed by atoms with E-state index in [1.165, 1.54) is 72.8 Å². The van der Waals surface area contributed by atoms with E-state index in [-0.39, 0.29) is 49.1 Å². The lowest BCUT2D eigenvalue weighted by molar-refractivity contribution is -0.154. The fourth-order valence-corrected chi connectivity index (χ4v) is 3.79. The summed E-state index contributed by atoms with van der Waals surface area (Å²) in [6, 6.07) is 17.6. The van der Waals surface area contributed by atoms with Crippen LogP contribution < -0.4 is 18.9 Å². The first kappa shape index (κ1) is 39.5. The van der Waals surface area contributed by atoms with E-state index in [9.17, 15) is 28.8 Å². The maximum absolute atomic E-state index is 12.7. The van der Waals surface area contributed by atoms with E-state index >= 15 is 0 Å². The van der Waals surface area contributed by atoms with Gasteiger partial charge < -0.3 is 37.9 Å². The molecule has 0 radical (unpaired) electrons. The summed E-state index contributed by atoms with van der Waals surface area (Å²) in [6.07, 6.45) is 2.02. The number of carbonyl (C=O) groups is 6. The number of carbonyl (C=O) groups excluding carboxylic acids is 6. The average molecular weight is 715 g/mol. The predicted molar refractivity (Wildman–Crippen MR) is 183 cm³/mol. The molecular weight excluding hydrogens is 680 g/mol. The highest BCUT2D eigenvalue weighted by molar-refractivity contribution is 5.92. The molecule has 52 heavy (non-hydrogen) atoms. The van der Waals surface area contributed by atoms with Crippen molar-refractivity contribution in [3.05, 3.63) is 135 Å². The van der Waals surface area contributed by atoms with E-state index in [1.54, 1.807) is 0 Å². The molecule has 3 aromatic carbocycles. The molecule has 14 heteroatoms. The fraction of sp³-hybridized carbons (Fsp3) is 0.158. The quantitative estimate of drug-likeness (QED) is 0.0690. The highest BCUT2D eigenvalue weighted by atomic mass is 16.6. The fourth-order valence-electron chi connectivity index (χ4n) is 3.79. The van der Waals surface area contributed by atoms with Crippen molar-refractivity contribution in [2.75, 3.05) is 26.4 Å². The van der Waals surface area contributed by atoms with Gasteiger partial charge in [-0.2, -0.15) is 0 Å². The minimum absolute atomic E-state index is 0.153. The first-order valence-corrected chi connectivity index (χ1v) is 15.3. The highest BCUT2D eigenvalue weighted by Crippen LogP contribution is 2.22. The molecule has 3 aromatic rings. The van der Waals surface area contributed by atoms with Crippen LogP contribution in [0.1, 0.15) is 20.7 Å². The van der Waals surface area contributed by atoms with Gasteiger partial charge in [0.2, 0.25) is 0 Å². The third kappa shape index (κ3) is 13.5.